The molecule has 10 nitrogen and oxygen atoms in total. The maximum Gasteiger partial charge on any atom is 0.321 e. The van der Waals surface area contributed by atoms with Crippen molar-refractivity contribution in [2.75, 3.05) is 33.0 Å². The Labute approximate surface area is 193 Å². The van der Waals surface area contributed by atoms with Gasteiger partial charge in [0.25, 0.3) is 0 Å². The number of carbonyl (C=O) groups excluding carboxylic acids is 1. The summed E-state index contributed by atoms with van der Waals surface area (Å²) in [6.45, 7) is 12.0. The first-order chi connectivity index (χ1) is 15.4. The van der Waals surface area contributed by atoms with Crippen LogP contribution in [-0.2, 0) is 23.4 Å². The summed E-state index contributed by atoms with van der Waals surface area (Å²) in [6, 6.07) is -0.0150. The maximum atomic E-state index is 14.8. The fourth-order valence-electron chi connectivity index (χ4n) is 4.78. The molecule has 4 rings (SSSR count). The highest BCUT2D eigenvalue weighted by molar-refractivity contribution is 5.78. The number of nitrogen functional groups attached to an aromatic ring is 1. The third kappa shape index (κ3) is 3.72. The monoisotopic (exact) mass is 460 g/mol. The molecule has 4 heterocycles. The highest BCUT2D eigenvalue weighted by Gasteiger charge is 2.49. The zero-order valence-electron chi connectivity index (χ0n) is 20.4. The second kappa shape index (κ2) is 7.91. The number of ether oxygens (including phenoxy) is 1. The average Bonchev–Trinajstić information content (AvgIpc) is 3.21. The first-order valence-electron chi connectivity index (χ1n) is 11.1. The molecule has 11 heteroatoms. The minimum Gasteiger partial charge on any atom is -0.382 e. The molecule has 0 unspecified atom stereocenters. The van der Waals surface area contributed by atoms with Gasteiger partial charge in [0.15, 0.2) is 23.3 Å². The number of urea groups is 1. The standard InChI is InChI=1S/C22H33FN8O2/c1-13-9-28(6)21(2,3)12-29(13)20(32)30-10-14-17(22(30,4)5)31(27-18(14)24)19-15(23)8-25-16(26-19)11-33-7/h8,13H,9-12H2,1-7H3,(H2,24,27)/t13-/m0/s1. The number of aromatic nitrogens is 4. The van der Waals surface area contributed by atoms with Crippen molar-refractivity contribution in [1.82, 2.24) is 34.4 Å². The Bertz CT molecular complexity index is 1080. The minimum atomic E-state index is -0.789. The number of likely N-dealkylation sites (N-methyl/N-ethyl adjacent to an activating group) is 1. The van der Waals surface area contributed by atoms with Crippen LogP contribution in [0.2, 0.25) is 0 Å². The molecule has 1 atom stereocenters. The zero-order chi connectivity index (χ0) is 24.3. The number of piperazine rings is 1. The Balaban J connectivity index is 1.72. The number of hydrogen-bond acceptors (Lipinski definition) is 7. The Kier molecular flexibility index (Phi) is 5.60. The molecule has 2 N–H and O–H groups in total. The van der Waals surface area contributed by atoms with Crippen molar-refractivity contribution in [2.45, 2.75) is 64.9 Å². The number of nitrogens with zero attached hydrogens (tertiary/aromatic N) is 7. The van der Waals surface area contributed by atoms with Gasteiger partial charge in [0, 0.05) is 37.3 Å². The van der Waals surface area contributed by atoms with E-state index in [0.29, 0.717) is 30.2 Å². The number of methoxy groups -OCH3 is 1. The number of hydrogen-bond donors (Lipinski definition) is 1. The Hall–Kier alpha value is -2.79. The first-order valence-corrected chi connectivity index (χ1v) is 11.1. The molecule has 2 aliphatic rings. The van der Waals surface area contributed by atoms with Gasteiger partial charge in [0.1, 0.15) is 6.61 Å². The molecule has 0 bridgehead atoms. The predicted molar refractivity (Wildman–Crippen MR) is 121 cm³/mol. The summed E-state index contributed by atoms with van der Waals surface area (Å²) < 4.78 is 21.3. The van der Waals surface area contributed by atoms with Gasteiger partial charge in [0.2, 0.25) is 0 Å². The van der Waals surface area contributed by atoms with Crippen LogP contribution in [0, 0.1) is 5.82 Å². The van der Waals surface area contributed by atoms with Gasteiger partial charge in [-0.3, -0.25) is 4.90 Å². The molecule has 33 heavy (non-hydrogen) atoms. The topological polar surface area (TPSA) is 106 Å². The van der Waals surface area contributed by atoms with Crippen LogP contribution in [-0.4, -0.2) is 79.3 Å². The molecule has 1 fully saturated rings. The molecular weight excluding hydrogens is 427 g/mol. The van der Waals surface area contributed by atoms with Crippen LogP contribution in [0.1, 0.15) is 51.7 Å². The van der Waals surface area contributed by atoms with Crippen molar-refractivity contribution >= 4 is 11.8 Å². The molecule has 0 aliphatic carbocycles. The minimum absolute atomic E-state index is 0.0125. The Morgan fingerprint density at radius 3 is 2.70 bits per heavy atom. The van der Waals surface area contributed by atoms with E-state index in [0.717, 1.165) is 12.7 Å². The lowest BCUT2D eigenvalue weighted by Crippen LogP contribution is -2.65. The van der Waals surface area contributed by atoms with E-state index in [1.807, 2.05) is 18.7 Å². The summed E-state index contributed by atoms with van der Waals surface area (Å²) in [5, 5.41) is 4.38. The lowest BCUT2D eigenvalue weighted by Gasteiger charge is -2.50. The molecule has 2 aliphatic heterocycles. The van der Waals surface area contributed by atoms with Gasteiger partial charge in [-0.25, -0.2) is 23.8 Å². The Morgan fingerprint density at radius 2 is 2.03 bits per heavy atom. The SMILES string of the molecule is COCc1ncc(F)c(-n2nc(N)c3c2C(C)(C)N(C(=O)N2CC(C)(C)N(C)C[C@@H]2C)C3)n1. The van der Waals surface area contributed by atoms with E-state index < -0.39 is 11.4 Å². The van der Waals surface area contributed by atoms with Crippen LogP contribution in [0.3, 0.4) is 0 Å². The van der Waals surface area contributed by atoms with E-state index in [4.69, 9.17) is 10.5 Å². The van der Waals surface area contributed by atoms with Crippen LogP contribution in [0.4, 0.5) is 15.0 Å². The number of amides is 2. The average molecular weight is 461 g/mol. The van der Waals surface area contributed by atoms with E-state index in [2.05, 4.69) is 47.8 Å². The van der Waals surface area contributed by atoms with Gasteiger partial charge >= 0.3 is 6.03 Å². The lowest BCUT2D eigenvalue weighted by atomic mass is 9.96. The van der Waals surface area contributed by atoms with Crippen molar-refractivity contribution in [3.05, 3.63) is 29.1 Å². The number of halogens is 1. The fourth-order valence-corrected chi connectivity index (χ4v) is 4.78. The van der Waals surface area contributed by atoms with Crippen LogP contribution in [0.25, 0.3) is 5.82 Å². The molecule has 0 radical (unpaired) electrons. The molecule has 180 valence electrons. The summed E-state index contributed by atoms with van der Waals surface area (Å²) >= 11 is 0. The van der Waals surface area contributed by atoms with Gasteiger partial charge in [-0.05, 0) is 41.7 Å². The summed E-state index contributed by atoms with van der Waals surface area (Å²) in [5.74, 6) is -0.0583. The summed E-state index contributed by atoms with van der Waals surface area (Å²) in [6.07, 6.45) is 1.10. The number of carbonyl (C=O) groups is 1. The summed E-state index contributed by atoms with van der Waals surface area (Å²) in [5.41, 5.74) is 6.67. The molecule has 2 amide bonds. The highest BCUT2D eigenvalue weighted by atomic mass is 19.1. The van der Waals surface area contributed by atoms with Gasteiger partial charge in [0.05, 0.1) is 24.0 Å². The van der Waals surface area contributed by atoms with Crippen molar-refractivity contribution in [3.8, 4) is 5.82 Å². The molecule has 2 aromatic rings. The van der Waals surface area contributed by atoms with Crippen LogP contribution < -0.4 is 5.73 Å². The number of nitrogens with two attached hydrogens (primary N) is 1. The van der Waals surface area contributed by atoms with Crippen LogP contribution in [0.5, 0.6) is 0 Å². The lowest BCUT2D eigenvalue weighted by molar-refractivity contribution is 0.00679. The van der Waals surface area contributed by atoms with Crippen molar-refractivity contribution in [3.63, 3.8) is 0 Å². The summed E-state index contributed by atoms with van der Waals surface area (Å²) in [7, 11) is 3.60. The Morgan fingerprint density at radius 1 is 1.33 bits per heavy atom. The second-order valence-electron chi connectivity index (χ2n) is 10.1. The molecule has 2 aromatic heterocycles. The van der Waals surface area contributed by atoms with E-state index >= 15 is 0 Å². The van der Waals surface area contributed by atoms with E-state index in [1.165, 1.54) is 11.8 Å². The largest absolute Gasteiger partial charge is 0.382 e. The van der Waals surface area contributed by atoms with Crippen molar-refractivity contribution in [1.29, 1.82) is 0 Å². The fraction of sp³-hybridized carbons (Fsp3) is 0.636. The maximum absolute atomic E-state index is 14.8. The van der Waals surface area contributed by atoms with Crippen molar-refractivity contribution < 1.29 is 13.9 Å². The summed E-state index contributed by atoms with van der Waals surface area (Å²) in [4.78, 5) is 28.1. The third-order valence-corrected chi connectivity index (χ3v) is 6.97. The van der Waals surface area contributed by atoms with Gasteiger partial charge in [-0.15, -0.1) is 5.10 Å². The molecule has 0 saturated carbocycles. The van der Waals surface area contributed by atoms with E-state index in [-0.39, 0.29) is 35.9 Å². The van der Waals surface area contributed by atoms with Gasteiger partial charge in [-0.2, -0.15) is 0 Å². The molecule has 0 aromatic carbocycles. The third-order valence-electron chi connectivity index (χ3n) is 6.97. The smallest absolute Gasteiger partial charge is 0.321 e. The van der Waals surface area contributed by atoms with Crippen molar-refractivity contribution in [2.24, 2.45) is 0 Å². The molecule has 1 saturated heterocycles. The zero-order valence-corrected chi connectivity index (χ0v) is 20.4. The van der Waals surface area contributed by atoms with Gasteiger partial charge < -0.3 is 20.3 Å². The quantitative estimate of drug-likeness (QED) is 0.748. The van der Waals surface area contributed by atoms with Gasteiger partial charge in [-0.1, -0.05) is 0 Å². The number of rotatable bonds is 3. The molecule has 0 spiro atoms. The van der Waals surface area contributed by atoms with E-state index in [9.17, 15) is 9.18 Å². The predicted octanol–water partition coefficient (Wildman–Crippen LogP) is 2.12. The second-order valence-corrected chi connectivity index (χ2v) is 10.1. The van der Waals surface area contributed by atoms with Crippen LogP contribution >= 0.6 is 0 Å². The number of anilines is 1. The molecular formula is C22H33FN8O2. The normalized spacial score (nSPS) is 22.0. The first kappa shape index (κ1) is 23.4. The number of fused-ring (bicyclic) bond motifs is 1. The highest BCUT2D eigenvalue weighted by Crippen LogP contribution is 2.43. The van der Waals surface area contributed by atoms with E-state index in [1.54, 1.807) is 4.90 Å². The van der Waals surface area contributed by atoms with Crippen LogP contribution in [0.15, 0.2) is 6.20 Å².